The Morgan fingerprint density at radius 1 is 1.41 bits per heavy atom. The summed E-state index contributed by atoms with van der Waals surface area (Å²) >= 11 is 0. The molecular formula is C13H18N2O2. The third kappa shape index (κ3) is 2.42. The van der Waals surface area contributed by atoms with Crippen LogP contribution < -0.4 is 5.73 Å². The van der Waals surface area contributed by atoms with Gasteiger partial charge in [0.05, 0.1) is 6.54 Å². The smallest absolute Gasteiger partial charge is 0.248 e. The first-order valence-corrected chi connectivity index (χ1v) is 5.85. The summed E-state index contributed by atoms with van der Waals surface area (Å²) in [6.45, 7) is 4.73. The Balaban J connectivity index is 2.19. The fraction of sp³-hybridized carbons (Fsp3) is 0.462. The molecule has 0 saturated carbocycles. The van der Waals surface area contributed by atoms with Crippen LogP contribution in [-0.2, 0) is 9.53 Å². The molecule has 1 fully saturated rings. The van der Waals surface area contributed by atoms with Crippen LogP contribution in [0.4, 0.5) is 5.69 Å². The molecule has 0 radical (unpaired) electrons. The molecule has 92 valence electrons. The SMILES string of the molecule is CC(C)N1CC(c2ccccc2N)OCC1=O. The van der Waals surface area contributed by atoms with E-state index in [4.69, 9.17) is 10.5 Å². The van der Waals surface area contributed by atoms with E-state index >= 15 is 0 Å². The van der Waals surface area contributed by atoms with Gasteiger partial charge in [-0.2, -0.15) is 0 Å². The second-order valence-corrected chi connectivity index (χ2v) is 4.57. The number of anilines is 1. The summed E-state index contributed by atoms with van der Waals surface area (Å²) in [6.07, 6.45) is -0.115. The molecule has 0 aromatic heterocycles. The number of benzene rings is 1. The average Bonchev–Trinajstić information content (AvgIpc) is 2.30. The van der Waals surface area contributed by atoms with E-state index in [0.717, 1.165) is 11.3 Å². The second-order valence-electron chi connectivity index (χ2n) is 4.57. The lowest BCUT2D eigenvalue weighted by molar-refractivity contribution is -0.151. The van der Waals surface area contributed by atoms with Crippen LogP contribution in [0.1, 0.15) is 25.5 Å². The summed E-state index contributed by atoms with van der Waals surface area (Å²) in [4.78, 5) is 13.5. The number of hydrogen-bond acceptors (Lipinski definition) is 3. The van der Waals surface area contributed by atoms with Gasteiger partial charge in [-0.3, -0.25) is 4.79 Å². The van der Waals surface area contributed by atoms with Gasteiger partial charge in [-0.15, -0.1) is 0 Å². The van der Waals surface area contributed by atoms with Crippen LogP contribution in [0.15, 0.2) is 24.3 Å². The molecular weight excluding hydrogens is 216 g/mol. The molecule has 0 spiro atoms. The lowest BCUT2D eigenvalue weighted by Gasteiger charge is -2.35. The number of rotatable bonds is 2. The third-order valence-electron chi connectivity index (χ3n) is 3.06. The molecule has 1 amide bonds. The molecule has 1 aliphatic heterocycles. The van der Waals surface area contributed by atoms with Gasteiger partial charge in [0, 0.05) is 17.3 Å². The Hall–Kier alpha value is -1.55. The third-order valence-corrected chi connectivity index (χ3v) is 3.06. The minimum absolute atomic E-state index is 0.0470. The molecule has 4 nitrogen and oxygen atoms in total. The van der Waals surface area contributed by atoms with Crippen molar-refractivity contribution < 1.29 is 9.53 Å². The zero-order valence-electron chi connectivity index (χ0n) is 10.2. The van der Waals surface area contributed by atoms with E-state index in [-0.39, 0.29) is 24.7 Å². The van der Waals surface area contributed by atoms with Crippen molar-refractivity contribution in [2.24, 2.45) is 0 Å². The standard InChI is InChI=1S/C13H18N2O2/c1-9(2)15-7-12(17-8-13(15)16)10-5-3-4-6-11(10)14/h3-6,9,12H,7-8,14H2,1-2H3. The largest absolute Gasteiger partial charge is 0.398 e. The number of ether oxygens (including phenoxy) is 1. The summed E-state index contributed by atoms with van der Waals surface area (Å²) < 4.78 is 5.57. The summed E-state index contributed by atoms with van der Waals surface area (Å²) in [5.74, 6) is 0.0470. The number of carbonyl (C=O) groups is 1. The van der Waals surface area contributed by atoms with Crippen LogP contribution in [0.2, 0.25) is 0 Å². The van der Waals surface area contributed by atoms with Gasteiger partial charge in [0.2, 0.25) is 5.91 Å². The van der Waals surface area contributed by atoms with E-state index in [2.05, 4.69) is 0 Å². The van der Waals surface area contributed by atoms with Gasteiger partial charge < -0.3 is 15.4 Å². The van der Waals surface area contributed by atoms with Gasteiger partial charge in [0.1, 0.15) is 12.7 Å². The lowest BCUT2D eigenvalue weighted by Crippen LogP contribution is -2.46. The quantitative estimate of drug-likeness (QED) is 0.790. The van der Waals surface area contributed by atoms with Crippen molar-refractivity contribution in [1.29, 1.82) is 0 Å². The molecule has 0 bridgehead atoms. The Bertz CT molecular complexity index is 418. The van der Waals surface area contributed by atoms with Gasteiger partial charge in [-0.05, 0) is 19.9 Å². The zero-order chi connectivity index (χ0) is 12.4. The summed E-state index contributed by atoms with van der Waals surface area (Å²) in [5, 5.41) is 0. The maximum Gasteiger partial charge on any atom is 0.248 e. The summed E-state index contributed by atoms with van der Waals surface area (Å²) in [6, 6.07) is 7.83. The normalized spacial score (nSPS) is 21.0. The molecule has 1 aromatic carbocycles. The second kappa shape index (κ2) is 4.75. The molecule has 17 heavy (non-hydrogen) atoms. The van der Waals surface area contributed by atoms with Crippen molar-refractivity contribution in [3.8, 4) is 0 Å². The van der Waals surface area contributed by atoms with Gasteiger partial charge in [-0.1, -0.05) is 18.2 Å². The minimum atomic E-state index is -0.115. The summed E-state index contributed by atoms with van der Waals surface area (Å²) in [7, 11) is 0. The number of nitrogens with zero attached hydrogens (tertiary/aromatic N) is 1. The predicted molar refractivity (Wildman–Crippen MR) is 66.4 cm³/mol. The molecule has 1 aromatic rings. The molecule has 4 heteroatoms. The highest BCUT2D eigenvalue weighted by Crippen LogP contribution is 2.27. The van der Waals surface area contributed by atoms with Crippen molar-refractivity contribution in [2.45, 2.75) is 26.0 Å². The Morgan fingerprint density at radius 2 is 2.12 bits per heavy atom. The van der Waals surface area contributed by atoms with E-state index in [1.165, 1.54) is 0 Å². The van der Waals surface area contributed by atoms with E-state index in [1.807, 2.05) is 43.0 Å². The first-order valence-electron chi connectivity index (χ1n) is 5.85. The van der Waals surface area contributed by atoms with Crippen molar-refractivity contribution >= 4 is 11.6 Å². The van der Waals surface area contributed by atoms with Crippen LogP contribution >= 0.6 is 0 Å². The number of nitrogen functional groups attached to an aromatic ring is 1. The Kier molecular flexibility index (Phi) is 3.33. The molecule has 0 aliphatic carbocycles. The van der Waals surface area contributed by atoms with Crippen LogP contribution in [-0.4, -0.2) is 30.0 Å². The van der Waals surface area contributed by atoms with E-state index in [1.54, 1.807) is 0 Å². The topological polar surface area (TPSA) is 55.6 Å². The zero-order valence-corrected chi connectivity index (χ0v) is 10.2. The number of para-hydroxylation sites is 1. The molecule has 2 rings (SSSR count). The fourth-order valence-corrected chi connectivity index (χ4v) is 2.08. The van der Waals surface area contributed by atoms with Crippen molar-refractivity contribution in [1.82, 2.24) is 4.90 Å². The monoisotopic (exact) mass is 234 g/mol. The minimum Gasteiger partial charge on any atom is -0.398 e. The van der Waals surface area contributed by atoms with E-state index < -0.39 is 0 Å². The molecule has 1 aliphatic rings. The molecule has 2 N–H and O–H groups in total. The number of amides is 1. The molecule has 1 atom stereocenters. The first kappa shape index (κ1) is 11.9. The maximum absolute atomic E-state index is 11.7. The van der Waals surface area contributed by atoms with E-state index in [0.29, 0.717) is 6.54 Å². The number of morpholine rings is 1. The summed E-state index contributed by atoms with van der Waals surface area (Å²) in [5.41, 5.74) is 7.61. The predicted octanol–water partition coefficient (Wildman–Crippen LogP) is 1.58. The van der Waals surface area contributed by atoms with Gasteiger partial charge in [-0.25, -0.2) is 0 Å². The molecule has 1 heterocycles. The van der Waals surface area contributed by atoms with Crippen LogP contribution in [0.25, 0.3) is 0 Å². The van der Waals surface area contributed by atoms with Gasteiger partial charge in [0.15, 0.2) is 0 Å². The average molecular weight is 234 g/mol. The molecule has 1 saturated heterocycles. The Morgan fingerprint density at radius 3 is 2.76 bits per heavy atom. The Labute approximate surface area is 101 Å². The number of hydrogen-bond donors (Lipinski definition) is 1. The highest BCUT2D eigenvalue weighted by Gasteiger charge is 2.29. The van der Waals surface area contributed by atoms with Crippen LogP contribution in [0, 0.1) is 0 Å². The number of nitrogens with two attached hydrogens (primary N) is 1. The van der Waals surface area contributed by atoms with Crippen molar-refractivity contribution in [3.05, 3.63) is 29.8 Å². The highest BCUT2D eigenvalue weighted by atomic mass is 16.5. The van der Waals surface area contributed by atoms with Crippen molar-refractivity contribution in [3.63, 3.8) is 0 Å². The maximum atomic E-state index is 11.7. The van der Waals surface area contributed by atoms with Crippen molar-refractivity contribution in [2.75, 3.05) is 18.9 Å². The van der Waals surface area contributed by atoms with E-state index in [9.17, 15) is 4.79 Å². The fourth-order valence-electron chi connectivity index (χ4n) is 2.08. The van der Waals surface area contributed by atoms with Crippen LogP contribution in [0.5, 0.6) is 0 Å². The highest BCUT2D eigenvalue weighted by molar-refractivity contribution is 5.78. The first-order chi connectivity index (χ1) is 8.09. The lowest BCUT2D eigenvalue weighted by atomic mass is 10.0. The number of carbonyl (C=O) groups excluding carboxylic acids is 1. The van der Waals surface area contributed by atoms with Gasteiger partial charge in [0.25, 0.3) is 0 Å². The van der Waals surface area contributed by atoms with Crippen LogP contribution in [0.3, 0.4) is 0 Å². The van der Waals surface area contributed by atoms with Gasteiger partial charge >= 0.3 is 0 Å². The molecule has 1 unspecified atom stereocenters.